The van der Waals surface area contributed by atoms with Crippen molar-refractivity contribution in [3.63, 3.8) is 0 Å². The summed E-state index contributed by atoms with van der Waals surface area (Å²) < 4.78 is 6.40. The van der Waals surface area contributed by atoms with Gasteiger partial charge in [0.25, 0.3) is 5.56 Å². The lowest BCUT2D eigenvalue weighted by Crippen LogP contribution is -2.21. The maximum absolute atomic E-state index is 12.6. The van der Waals surface area contributed by atoms with Gasteiger partial charge in [-0.05, 0) is 36.9 Å². The molecule has 0 saturated heterocycles. The van der Waals surface area contributed by atoms with E-state index in [1.165, 1.54) is 12.0 Å². The highest BCUT2D eigenvalue weighted by atomic mass is 32.1. The average Bonchev–Trinajstić information content (AvgIpc) is 3.06. The van der Waals surface area contributed by atoms with Crippen molar-refractivity contribution in [2.45, 2.75) is 19.9 Å². The number of hydrogen-bond acceptors (Lipinski definition) is 5. The standard InChI is InChI=1S/C17H16N2O3S/c1-11-13(17(21)22-2)10-14-15(18-11)6-8-19(16(14)20)7-5-12-4-3-9-23-12/h3-4,6,8-10H,5,7H2,1-2H3. The third-order valence-electron chi connectivity index (χ3n) is 3.73. The van der Waals surface area contributed by atoms with Gasteiger partial charge in [0.15, 0.2) is 0 Å². The highest BCUT2D eigenvalue weighted by Crippen LogP contribution is 2.15. The number of esters is 1. The van der Waals surface area contributed by atoms with E-state index in [4.69, 9.17) is 4.74 Å². The summed E-state index contributed by atoms with van der Waals surface area (Å²) in [5.74, 6) is -0.481. The summed E-state index contributed by atoms with van der Waals surface area (Å²) in [5.41, 5.74) is 1.33. The molecule has 0 unspecified atom stereocenters. The van der Waals surface area contributed by atoms with Gasteiger partial charge < -0.3 is 9.30 Å². The summed E-state index contributed by atoms with van der Waals surface area (Å²) in [5, 5.41) is 2.46. The Bertz CT molecular complexity index is 913. The predicted molar refractivity (Wildman–Crippen MR) is 90.1 cm³/mol. The Morgan fingerprint density at radius 3 is 2.91 bits per heavy atom. The van der Waals surface area contributed by atoms with Gasteiger partial charge in [0.05, 0.1) is 29.3 Å². The van der Waals surface area contributed by atoms with E-state index in [9.17, 15) is 9.59 Å². The first-order valence-electron chi connectivity index (χ1n) is 7.21. The van der Waals surface area contributed by atoms with Crippen molar-refractivity contribution in [2.24, 2.45) is 0 Å². The molecule has 6 heteroatoms. The zero-order chi connectivity index (χ0) is 16.4. The first kappa shape index (κ1) is 15.4. The largest absolute Gasteiger partial charge is 0.465 e. The van der Waals surface area contributed by atoms with Crippen LogP contribution in [0.25, 0.3) is 10.9 Å². The molecular weight excluding hydrogens is 312 g/mol. The van der Waals surface area contributed by atoms with Crippen LogP contribution in [0.4, 0.5) is 0 Å². The summed E-state index contributed by atoms with van der Waals surface area (Å²) >= 11 is 1.67. The Kier molecular flexibility index (Phi) is 4.25. The van der Waals surface area contributed by atoms with Gasteiger partial charge in [0, 0.05) is 17.6 Å². The lowest BCUT2D eigenvalue weighted by Gasteiger charge is -2.09. The highest BCUT2D eigenvalue weighted by Gasteiger charge is 2.14. The first-order valence-corrected chi connectivity index (χ1v) is 8.09. The SMILES string of the molecule is COC(=O)c1cc2c(=O)n(CCc3cccs3)ccc2nc1C. The lowest BCUT2D eigenvalue weighted by molar-refractivity contribution is 0.0599. The van der Waals surface area contributed by atoms with Crippen molar-refractivity contribution >= 4 is 28.2 Å². The van der Waals surface area contributed by atoms with E-state index in [2.05, 4.69) is 11.1 Å². The molecule has 3 rings (SSSR count). The van der Waals surface area contributed by atoms with Crippen molar-refractivity contribution in [1.82, 2.24) is 9.55 Å². The summed E-state index contributed by atoms with van der Waals surface area (Å²) in [7, 11) is 1.32. The molecule has 0 bridgehead atoms. The smallest absolute Gasteiger partial charge is 0.339 e. The van der Waals surface area contributed by atoms with E-state index in [1.54, 1.807) is 41.2 Å². The molecule has 0 atom stereocenters. The van der Waals surface area contributed by atoms with Gasteiger partial charge in [-0.1, -0.05) is 6.07 Å². The van der Waals surface area contributed by atoms with Gasteiger partial charge >= 0.3 is 5.97 Å². The number of methoxy groups -OCH3 is 1. The number of pyridine rings is 2. The fourth-order valence-corrected chi connectivity index (χ4v) is 3.18. The van der Waals surface area contributed by atoms with Crippen LogP contribution in [-0.4, -0.2) is 22.6 Å². The van der Waals surface area contributed by atoms with Crippen LogP contribution in [-0.2, 0) is 17.7 Å². The minimum Gasteiger partial charge on any atom is -0.465 e. The number of ether oxygens (including phenoxy) is 1. The molecule has 0 saturated carbocycles. The number of aryl methyl sites for hydroxylation is 3. The van der Waals surface area contributed by atoms with E-state index in [-0.39, 0.29) is 5.56 Å². The third kappa shape index (κ3) is 3.03. The average molecular weight is 328 g/mol. The Morgan fingerprint density at radius 1 is 1.39 bits per heavy atom. The van der Waals surface area contributed by atoms with Crippen molar-refractivity contribution < 1.29 is 9.53 Å². The van der Waals surface area contributed by atoms with E-state index < -0.39 is 5.97 Å². The fourth-order valence-electron chi connectivity index (χ4n) is 2.48. The highest BCUT2D eigenvalue weighted by molar-refractivity contribution is 7.09. The maximum Gasteiger partial charge on any atom is 0.339 e. The second-order valence-electron chi connectivity index (χ2n) is 5.19. The van der Waals surface area contributed by atoms with Crippen LogP contribution in [0.5, 0.6) is 0 Å². The summed E-state index contributed by atoms with van der Waals surface area (Å²) in [4.78, 5) is 30.0. The molecule has 3 heterocycles. The van der Waals surface area contributed by atoms with Crippen LogP contribution >= 0.6 is 11.3 Å². The number of nitrogens with zero attached hydrogens (tertiary/aromatic N) is 2. The van der Waals surface area contributed by atoms with Gasteiger partial charge in [0.1, 0.15) is 0 Å². The molecule has 3 aromatic rings. The zero-order valence-electron chi connectivity index (χ0n) is 12.9. The van der Waals surface area contributed by atoms with Crippen molar-refractivity contribution in [3.05, 3.63) is 62.3 Å². The van der Waals surface area contributed by atoms with Crippen LogP contribution in [0, 0.1) is 6.92 Å². The molecule has 3 aromatic heterocycles. The third-order valence-corrected chi connectivity index (χ3v) is 4.67. The van der Waals surface area contributed by atoms with Crippen molar-refractivity contribution in [1.29, 1.82) is 0 Å². The molecule has 0 aliphatic carbocycles. The lowest BCUT2D eigenvalue weighted by atomic mass is 10.1. The second-order valence-corrected chi connectivity index (χ2v) is 6.22. The topological polar surface area (TPSA) is 61.2 Å². The molecule has 118 valence electrons. The van der Waals surface area contributed by atoms with E-state index in [1.807, 2.05) is 11.4 Å². The maximum atomic E-state index is 12.6. The predicted octanol–water partition coefficient (Wildman–Crippen LogP) is 2.80. The normalized spacial score (nSPS) is 10.9. The summed E-state index contributed by atoms with van der Waals surface area (Å²) in [6.07, 6.45) is 2.55. The Morgan fingerprint density at radius 2 is 2.22 bits per heavy atom. The van der Waals surface area contributed by atoms with Crippen molar-refractivity contribution in [3.8, 4) is 0 Å². The number of rotatable bonds is 4. The monoisotopic (exact) mass is 328 g/mol. The second kappa shape index (κ2) is 6.34. The first-order chi connectivity index (χ1) is 11.1. The Hall–Kier alpha value is -2.47. The van der Waals surface area contributed by atoms with Crippen molar-refractivity contribution in [2.75, 3.05) is 7.11 Å². The molecule has 0 spiro atoms. The molecule has 23 heavy (non-hydrogen) atoms. The van der Waals surface area contributed by atoms with Crippen LogP contribution in [0.1, 0.15) is 20.9 Å². The molecule has 5 nitrogen and oxygen atoms in total. The van der Waals surface area contributed by atoms with Gasteiger partial charge in [-0.15, -0.1) is 11.3 Å². The molecule has 0 aromatic carbocycles. The summed E-state index contributed by atoms with van der Waals surface area (Å²) in [6, 6.07) is 7.43. The summed E-state index contributed by atoms with van der Waals surface area (Å²) in [6.45, 7) is 2.32. The molecule has 0 N–H and O–H groups in total. The fraction of sp³-hybridized carbons (Fsp3) is 0.235. The minimum absolute atomic E-state index is 0.142. The van der Waals surface area contributed by atoms with Gasteiger partial charge in [-0.3, -0.25) is 9.78 Å². The number of thiophene rings is 1. The van der Waals surface area contributed by atoms with Crippen LogP contribution in [0.15, 0.2) is 40.6 Å². The van der Waals surface area contributed by atoms with E-state index >= 15 is 0 Å². The van der Waals surface area contributed by atoms with Gasteiger partial charge in [0.2, 0.25) is 0 Å². The molecule has 0 aliphatic heterocycles. The van der Waals surface area contributed by atoms with Gasteiger partial charge in [-0.2, -0.15) is 0 Å². The van der Waals surface area contributed by atoms with Crippen LogP contribution < -0.4 is 5.56 Å². The molecule has 0 fully saturated rings. The number of aromatic nitrogens is 2. The van der Waals surface area contributed by atoms with E-state index in [0.29, 0.717) is 28.7 Å². The number of carbonyl (C=O) groups is 1. The molecule has 0 radical (unpaired) electrons. The van der Waals surface area contributed by atoms with E-state index in [0.717, 1.165) is 6.42 Å². The van der Waals surface area contributed by atoms with Crippen LogP contribution in [0.2, 0.25) is 0 Å². The minimum atomic E-state index is -0.481. The van der Waals surface area contributed by atoms with Gasteiger partial charge in [-0.25, -0.2) is 4.79 Å². The molecule has 0 amide bonds. The Balaban J connectivity index is 2.01. The molecule has 0 aliphatic rings. The number of hydrogen-bond donors (Lipinski definition) is 0. The van der Waals surface area contributed by atoms with Crippen LogP contribution in [0.3, 0.4) is 0 Å². The zero-order valence-corrected chi connectivity index (χ0v) is 13.7. The quantitative estimate of drug-likeness (QED) is 0.691. The number of carbonyl (C=O) groups excluding carboxylic acids is 1. The Labute approximate surface area is 137 Å². The molecular formula is C17H16N2O3S. The number of fused-ring (bicyclic) bond motifs is 1.